The first-order chi connectivity index (χ1) is 9.10. The van der Waals surface area contributed by atoms with Gasteiger partial charge in [0.05, 0.1) is 0 Å². The maximum atomic E-state index is 13.1. The van der Waals surface area contributed by atoms with Crippen LogP contribution in [0.5, 0.6) is 0 Å². The van der Waals surface area contributed by atoms with Crippen molar-refractivity contribution >= 4 is 22.4 Å². The van der Waals surface area contributed by atoms with Crippen LogP contribution in [0.2, 0.25) is 0 Å². The number of rotatable bonds is 4. The number of hydrogen-bond donors (Lipinski definition) is 1. The number of aryl methyl sites for hydroxylation is 2. The second-order valence-corrected chi connectivity index (χ2v) is 5.23. The van der Waals surface area contributed by atoms with Gasteiger partial charge in [0.1, 0.15) is 10.8 Å². The summed E-state index contributed by atoms with van der Waals surface area (Å²) in [6.45, 7) is 3.81. The number of halogens is 1. The number of hydrogen-bond acceptors (Lipinski definition) is 4. The molecular weight excluding hydrogens is 265 g/mol. The van der Waals surface area contributed by atoms with E-state index < -0.39 is 5.82 Å². The van der Waals surface area contributed by atoms with Crippen molar-refractivity contribution in [1.82, 2.24) is 10.2 Å². The Bertz CT molecular complexity index is 597. The van der Waals surface area contributed by atoms with E-state index in [1.807, 2.05) is 0 Å². The number of nitrogens with one attached hydrogen (secondary N) is 1. The molecule has 2 aromatic rings. The zero-order chi connectivity index (χ0) is 13.8. The molecule has 0 fully saturated rings. The average Bonchev–Trinajstić information content (AvgIpc) is 2.80. The normalized spacial score (nSPS) is 10.5. The second kappa shape index (κ2) is 5.88. The van der Waals surface area contributed by atoms with Crippen LogP contribution in [0.4, 0.5) is 9.52 Å². The van der Waals surface area contributed by atoms with Gasteiger partial charge >= 0.3 is 0 Å². The largest absolute Gasteiger partial charge is 0.296 e. The van der Waals surface area contributed by atoms with Gasteiger partial charge in [0.2, 0.25) is 5.13 Å². The SMILES string of the molecule is CCCc1nnc(NC(=O)c2cc(F)ccc2C)s1. The summed E-state index contributed by atoms with van der Waals surface area (Å²) in [6, 6.07) is 4.13. The van der Waals surface area contributed by atoms with Crippen LogP contribution < -0.4 is 5.32 Å². The lowest BCUT2D eigenvalue weighted by molar-refractivity contribution is 0.102. The Labute approximate surface area is 114 Å². The topological polar surface area (TPSA) is 54.9 Å². The molecule has 1 heterocycles. The molecule has 1 aromatic heterocycles. The predicted octanol–water partition coefficient (Wildman–Crippen LogP) is 3.19. The molecular formula is C13H14FN3OS. The van der Waals surface area contributed by atoms with Crippen molar-refractivity contribution in [3.8, 4) is 0 Å². The summed E-state index contributed by atoms with van der Waals surface area (Å²) in [4.78, 5) is 12.0. The van der Waals surface area contributed by atoms with Crippen molar-refractivity contribution in [2.75, 3.05) is 5.32 Å². The van der Waals surface area contributed by atoms with Crippen LogP contribution in [-0.4, -0.2) is 16.1 Å². The zero-order valence-corrected chi connectivity index (χ0v) is 11.6. The Morgan fingerprint density at radius 3 is 2.95 bits per heavy atom. The molecule has 0 aliphatic heterocycles. The van der Waals surface area contributed by atoms with Crippen LogP contribution in [0.15, 0.2) is 18.2 Å². The van der Waals surface area contributed by atoms with E-state index in [0.29, 0.717) is 10.7 Å². The summed E-state index contributed by atoms with van der Waals surface area (Å²) in [5.74, 6) is -0.795. The van der Waals surface area contributed by atoms with Gasteiger partial charge < -0.3 is 0 Å². The Morgan fingerprint density at radius 1 is 1.42 bits per heavy atom. The lowest BCUT2D eigenvalue weighted by atomic mass is 10.1. The van der Waals surface area contributed by atoms with Crippen molar-refractivity contribution in [3.05, 3.63) is 40.2 Å². The van der Waals surface area contributed by atoms with Crippen molar-refractivity contribution in [2.45, 2.75) is 26.7 Å². The number of amides is 1. The molecule has 19 heavy (non-hydrogen) atoms. The highest BCUT2D eigenvalue weighted by atomic mass is 32.1. The minimum absolute atomic E-state index is 0.312. The van der Waals surface area contributed by atoms with Crippen molar-refractivity contribution in [1.29, 1.82) is 0 Å². The van der Waals surface area contributed by atoms with Crippen molar-refractivity contribution < 1.29 is 9.18 Å². The monoisotopic (exact) mass is 279 g/mol. The second-order valence-electron chi connectivity index (χ2n) is 4.16. The van der Waals surface area contributed by atoms with E-state index >= 15 is 0 Å². The molecule has 100 valence electrons. The Balaban J connectivity index is 2.13. The first-order valence-corrected chi connectivity index (χ1v) is 6.81. The fourth-order valence-electron chi connectivity index (χ4n) is 1.62. The smallest absolute Gasteiger partial charge is 0.257 e. The third-order valence-corrected chi connectivity index (χ3v) is 3.49. The minimum atomic E-state index is -0.431. The average molecular weight is 279 g/mol. The molecule has 0 saturated heterocycles. The van der Waals surface area contributed by atoms with Gasteiger partial charge in [0, 0.05) is 12.0 Å². The number of aromatic nitrogens is 2. The van der Waals surface area contributed by atoms with Gasteiger partial charge in [-0.25, -0.2) is 4.39 Å². The number of anilines is 1. The maximum absolute atomic E-state index is 13.1. The third-order valence-electron chi connectivity index (χ3n) is 2.60. The van der Waals surface area contributed by atoms with Gasteiger partial charge in [-0.1, -0.05) is 24.3 Å². The van der Waals surface area contributed by atoms with Crippen LogP contribution >= 0.6 is 11.3 Å². The summed E-state index contributed by atoms with van der Waals surface area (Å²) in [5, 5.41) is 11.8. The van der Waals surface area contributed by atoms with E-state index in [0.717, 1.165) is 23.4 Å². The summed E-state index contributed by atoms with van der Waals surface area (Å²) in [6.07, 6.45) is 1.82. The first kappa shape index (κ1) is 13.6. The highest BCUT2D eigenvalue weighted by Gasteiger charge is 2.13. The Hall–Kier alpha value is -1.82. The van der Waals surface area contributed by atoms with E-state index in [2.05, 4.69) is 22.4 Å². The number of benzene rings is 1. The number of nitrogens with zero attached hydrogens (tertiary/aromatic N) is 2. The summed E-state index contributed by atoms with van der Waals surface area (Å²) in [5.41, 5.74) is 1.03. The van der Waals surface area contributed by atoms with E-state index in [1.165, 1.54) is 23.5 Å². The van der Waals surface area contributed by atoms with E-state index in [1.54, 1.807) is 13.0 Å². The molecule has 0 aliphatic carbocycles. The maximum Gasteiger partial charge on any atom is 0.257 e. The molecule has 0 saturated carbocycles. The molecule has 0 radical (unpaired) electrons. The fraction of sp³-hybridized carbons (Fsp3) is 0.308. The lowest BCUT2D eigenvalue weighted by Gasteiger charge is -2.04. The molecule has 0 bridgehead atoms. The molecule has 2 rings (SSSR count). The van der Waals surface area contributed by atoms with Gasteiger partial charge in [0.25, 0.3) is 5.91 Å². The van der Waals surface area contributed by atoms with Crippen molar-refractivity contribution in [2.24, 2.45) is 0 Å². The highest BCUT2D eigenvalue weighted by molar-refractivity contribution is 7.15. The standard InChI is InChI=1S/C13H14FN3OS/c1-3-4-11-16-17-13(19-11)15-12(18)10-7-9(14)6-5-8(10)2/h5-7H,3-4H2,1-2H3,(H,15,17,18). The van der Waals surface area contributed by atoms with Gasteiger partial charge in [0.15, 0.2) is 0 Å². The number of carbonyl (C=O) groups is 1. The van der Waals surface area contributed by atoms with Gasteiger partial charge in [-0.2, -0.15) is 0 Å². The van der Waals surface area contributed by atoms with Crippen LogP contribution in [0, 0.1) is 12.7 Å². The molecule has 1 amide bonds. The fourth-order valence-corrected chi connectivity index (χ4v) is 2.46. The summed E-state index contributed by atoms with van der Waals surface area (Å²) < 4.78 is 13.1. The molecule has 4 nitrogen and oxygen atoms in total. The summed E-state index contributed by atoms with van der Waals surface area (Å²) >= 11 is 1.34. The molecule has 0 spiro atoms. The van der Waals surface area contributed by atoms with Crippen molar-refractivity contribution in [3.63, 3.8) is 0 Å². The van der Waals surface area contributed by atoms with Crippen LogP contribution in [0.3, 0.4) is 0 Å². The zero-order valence-electron chi connectivity index (χ0n) is 10.7. The first-order valence-electron chi connectivity index (χ1n) is 6.00. The quantitative estimate of drug-likeness (QED) is 0.935. The van der Waals surface area contributed by atoms with Gasteiger partial charge in [-0.05, 0) is 31.0 Å². The molecule has 1 aromatic carbocycles. The number of carbonyl (C=O) groups excluding carboxylic acids is 1. The van der Waals surface area contributed by atoms with E-state index in [-0.39, 0.29) is 5.91 Å². The van der Waals surface area contributed by atoms with Crippen LogP contribution in [0.1, 0.15) is 34.3 Å². The molecule has 0 atom stereocenters. The Morgan fingerprint density at radius 2 is 2.21 bits per heavy atom. The predicted molar refractivity (Wildman–Crippen MR) is 73.0 cm³/mol. The van der Waals surface area contributed by atoms with Crippen LogP contribution in [0.25, 0.3) is 0 Å². The molecule has 0 unspecified atom stereocenters. The molecule has 1 N–H and O–H groups in total. The highest BCUT2D eigenvalue weighted by Crippen LogP contribution is 2.18. The third kappa shape index (κ3) is 3.35. The van der Waals surface area contributed by atoms with Crippen LogP contribution in [-0.2, 0) is 6.42 Å². The Kier molecular flexibility index (Phi) is 4.21. The molecule has 0 aliphatic rings. The molecule has 6 heteroatoms. The lowest BCUT2D eigenvalue weighted by Crippen LogP contribution is -2.13. The summed E-state index contributed by atoms with van der Waals surface area (Å²) in [7, 11) is 0. The van der Waals surface area contributed by atoms with E-state index in [9.17, 15) is 9.18 Å². The minimum Gasteiger partial charge on any atom is -0.296 e. The van der Waals surface area contributed by atoms with Gasteiger partial charge in [-0.15, -0.1) is 10.2 Å². The van der Waals surface area contributed by atoms with E-state index in [4.69, 9.17) is 0 Å². The van der Waals surface area contributed by atoms with Gasteiger partial charge in [-0.3, -0.25) is 10.1 Å².